The van der Waals surface area contributed by atoms with Gasteiger partial charge in [0.1, 0.15) is 11.4 Å². The van der Waals surface area contributed by atoms with Gasteiger partial charge in [-0.2, -0.15) is 0 Å². The van der Waals surface area contributed by atoms with Gasteiger partial charge in [-0.05, 0) is 40.8 Å². The Hall–Kier alpha value is -2.16. The van der Waals surface area contributed by atoms with Crippen molar-refractivity contribution < 1.29 is 14.5 Å². The van der Waals surface area contributed by atoms with Crippen LogP contribution in [0.1, 0.15) is 0 Å². The van der Waals surface area contributed by atoms with Gasteiger partial charge in [0.15, 0.2) is 6.61 Å². The molecule has 0 aliphatic heterocycles. The SMILES string of the molecule is O=C(COc1ccccc1I)Nc1ccccc1[N+](=O)[O-]. The van der Waals surface area contributed by atoms with Crippen molar-refractivity contribution in [2.75, 3.05) is 11.9 Å². The zero-order valence-corrected chi connectivity index (χ0v) is 12.9. The Morgan fingerprint density at radius 1 is 1.19 bits per heavy atom. The summed E-state index contributed by atoms with van der Waals surface area (Å²) in [5.41, 5.74) is -0.000926. The molecule has 6 nitrogen and oxygen atoms in total. The molecule has 0 heterocycles. The van der Waals surface area contributed by atoms with Crippen molar-refractivity contribution in [3.63, 3.8) is 0 Å². The second-order valence-electron chi connectivity index (χ2n) is 4.04. The standard InChI is InChI=1S/C14H11IN2O4/c15-10-5-1-4-8-13(10)21-9-14(18)16-11-6-2-3-7-12(11)17(19)20/h1-8H,9H2,(H,16,18). The zero-order chi connectivity index (χ0) is 15.2. The van der Waals surface area contributed by atoms with E-state index in [1.54, 1.807) is 18.2 Å². The molecule has 7 heteroatoms. The van der Waals surface area contributed by atoms with Crippen molar-refractivity contribution in [2.24, 2.45) is 0 Å². The lowest BCUT2D eigenvalue weighted by molar-refractivity contribution is -0.383. The number of nitro groups is 1. The number of rotatable bonds is 5. The highest BCUT2D eigenvalue weighted by Gasteiger charge is 2.15. The van der Waals surface area contributed by atoms with Crippen LogP contribution in [0.5, 0.6) is 5.75 Å². The van der Waals surface area contributed by atoms with Crippen molar-refractivity contribution in [3.05, 3.63) is 62.2 Å². The van der Waals surface area contributed by atoms with Gasteiger partial charge in [-0.15, -0.1) is 0 Å². The maximum Gasteiger partial charge on any atom is 0.292 e. The summed E-state index contributed by atoms with van der Waals surface area (Å²) in [7, 11) is 0. The van der Waals surface area contributed by atoms with E-state index in [4.69, 9.17) is 4.74 Å². The number of benzene rings is 2. The van der Waals surface area contributed by atoms with Gasteiger partial charge in [-0.3, -0.25) is 14.9 Å². The van der Waals surface area contributed by atoms with Crippen LogP contribution in [0, 0.1) is 13.7 Å². The Morgan fingerprint density at radius 2 is 1.86 bits per heavy atom. The summed E-state index contributed by atoms with van der Waals surface area (Å²) in [4.78, 5) is 22.1. The van der Waals surface area contributed by atoms with E-state index >= 15 is 0 Å². The van der Waals surface area contributed by atoms with Crippen molar-refractivity contribution in [1.29, 1.82) is 0 Å². The Morgan fingerprint density at radius 3 is 2.57 bits per heavy atom. The molecule has 1 amide bonds. The molecule has 2 aromatic rings. The Kier molecular flexibility index (Phi) is 5.09. The molecule has 21 heavy (non-hydrogen) atoms. The average molecular weight is 398 g/mol. The highest BCUT2D eigenvalue weighted by Crippen LogP contribution is 2.23. The summed E-state index contributed by atoms with van der Waals surface area (Å²) in [5, 5.41) is 13.3. The van der Waals surface area contributed by atoms with E-state index in [1.165, 1.54) is 18.2 Å². The van der Waals surface area contributed by atoms with E-state index < -0.39 is 10.8 Å². The van der Waals surface area contributed by atoms with Gasteiger partial charge < -0.3 is 10.1 Å². The molecule has 0 unspecified atom stereocenters. The summed E-state index contributed by atoms with van der Waals surface area (Å²) in [6, 6.07) is 13.2. The number of nitrogens with zero attached hydrogens (tertiary/aromatic N) is 1. The van der Waals surface area contributed by atoms with Gasteiger partial charge in [0, 0.05) is 6.07 Å². The monoisotopic (exact) mass is 398 g/mol. The third kappa shape index (κ3) is 4.15. The summed E-state index contributed by atoms with van der Waals surface area (Å²) in [6.45, 7) is -0.216. The lowest BCUT2D eigenvalue weighted by atomic mass is 10.2. The summed E-state index contributed by atoms with van der Waals surface area (Å²) in [5.74, 6) is 0.139. The molecule has 0 saturated heterocycles. The topological polar surface area (TPSA) is 81.5 Å². The molecular formula is C14H11IN2O4. The Balaban J connectivity index is 2.00. The number of ether oxygens (including phenoxy) is 1. The lowest BCUT2D eigenvalue weighted by Crippen LogP contribution is -2.21. The number of carbonyl (C=O) groups excluding carboxylic acids is 1. The Bertz CT molecular complexity index is 676. The largest absolute Gasteiger partial charge is 0.483 e. The maximum atomic E-state index is 11.8. The molecule has 2 aromatic carbocycles. The van der Waals surface area contributed by atoms with Gasteiger partial charge in [0.25, 0.3) is 11.6 Å². The van der Waals surface area contributed by atoms with Crippen molar-refractivity contribution >= 4 is 39.9 Å². The normalized spacial score (nSPS) is 9.95. The van der Waals surface area contributed by atoms with Crippen LogP contribution in [0.25, 0.3) is 0 Å². The molecule has 0 aliphatic carbocycles. The molecule has 0 radical (unpaired) electrons. The molecule has 0 aromatic heterocycles. The average Bonchev–Trinajstić information content (AvgIpc) is 2.47. The van der Waals surface area contributed by atoms with E-state index in [0.717, 1.165) is 3.57 Å². The molecule has 108 valence electrons. The number of nitrogens with one attached hydrogen (secondary N) is 1. The second-order valence-corrected chi connectivity index (χ2v) is 5.20. The van der Waals surface area contributed by atoms with E-state index in [9.17, 15) is 14.9 Å². The Labute approximate surface area is 134 Å². The van der Waals surface area contributed by atoms with E-state index in [0.29, 0.717) is 5.75 Å². The minimum atomic E-state index is -0.545. The van der Waals surface area contributed by atoms with Crippen molar-refractivity contribution in [2.45, 2.75) is 0 Å². The van der Waals surface area contributed by atoms with Gasteiger partial charge in [0.2, 0.25) is 0 Å². The molecule has 0 atom stereocenters. The first-order valence-corrected chi connectivity index (χ1v) is 7.06. The number of amides is 1. The molecule has 1 N–H and O–H groups in total. The van der Waals surface area contributed by atoms with E-state index in [1.807, 2.05) is 12.1 Å². The van der Waals surface area contributed by atoms with Crippen LogP contribution in [0.3, 0.4) is 0 Å². The zero-order valence-electron chi connectivity index (χ0n) is 10.8. The van der Waals surface area contributed by atoms with Gasteiger partial charge in [-0.25, -0.2) is 0 Å². The fraction of sp³-hybridized carbons (Fsp3) is 0.0714. The minimum absolute atomic E-state index is 0.152. The molecule has 2 rings (SSSR count). The molecule has 0 spiro atoms. The highest BCUT2D eigenvalue weighted by atomic mass is 127. The number of halogens is 1. The van der Waals surface area contributed by atoms with Crippen LogP contribution in [-0.2, 0) is 4.79 Å². The van der Waals surface area contributed by atoms with Crippen LogP contribution in [-0.4, -0.2) is 17.4 Å². The van der Waals surface area contributed by atoms with Crippen LogP contribution in [0.2, 0.25) is 0 Å². The first-order valence-electron chi connectivity index (χ1n) is 5.98. The van der Waals surface area contributed by atoms with Gasteiger partial charge in [-0.1, -0.05) is 24.3 Å². The quantitative estimate of drug-likeness (QED) is 0.477. The second kappa shape index (κ2) is 7.02. The van der Waals surface area contributed by atoms with Crippen LogP contribution < -0.4 is 10.1 Å². The summed E-state index contributed by atoms with van der Waals surface area (Å²) < 4.78 is 6.26. The predicted octanol–water partition coefficient (Wildman–Crippen LogP) is 3.22. The molecule has 0 aliphatic rings. The van der Waals surface area contributed by atoms with Crippen molar-refractivity contribution in [1.82, 2.24) is 0 Å². The molecule has 0 bridgehead atoms. The van der Waals surface area contributed by atoms with Gasteiger partial charge in [0.05, 0.1) is 8.49 Å². The first kappa shape index (κ1) is 15.2. The molecule has 0 fully saturated rings. The van der Waals surface area contributed by atoms with Crippen molar-refractivity contribution in [3.8, 4) is 5.75 Å². The van der Waals surface area contributed by atoms with Crippen LogP contribution in [0.4, 0.5) is 11.4 Å². The summed E-state index contributed by atoms with van der Waals surface area (Å²) >= 11 is 2.10. The lowest BCUT2D eigenvalue weighted by Gasteiger charge is -2.08. The van der Waals surface area contributed by atoms with E-state index in [-0.39, 0.29) is 18.0 Å². The number of hydrogen-bond acceptors (Lipinski definition) is 4. The molecular weight excluding hydrogens is 387 g/mol. The number of anilines is 1. The van der Waals surface area contributed by atoms with Crippen LogP contribution in [0.15, 0.2) is 48.5 Å². The molecule has 0 saturated carbocycles. The third-order valence-corrected chi connectivity index (χ3v) is 3.46. The first-order chi connectivity index (χ1) is 10.1. The summed E-state index contributed by atoms with van der Waals surface area (Å²) in [6.07, 6.45) is 0. The number of nitro benzene ring substituents is 1. The highest BCUT2D eigenvalue weighted by molar-refractivity contribution is 14.1. The number of hydrogen-bond donors (Lipinski definition) is 1. The maximum absolute atomic E-state index is 11.8. The third-order valence-electron chi connectivity index (χ3n) is 2.57. The smallest absolute Gasteiger partial charge is 0.292 e. The fourth-order valence-electron chi connectivity index (χ4n) is 1.63. The van der Waals surface area contributed by atoms with Crippen LogP contribution >= 0.6 is 22.6 Å². The minimum Gasteiger partial charge on any atom is -0.483 e. The predicted molar refractivity (Wildman–Crippen MR) is 86.4 cm³/mol. The number of carbonyl (C=O) groups is 1. The number of para-hydroxylation sites is 3. The van der Waals surface area contributed by atoms with E-state index in [2.05, 4.69) is 27.9 Å². The fourth-order valence-corrected chi connectivity index (χ4v) is 2.17. The van der Waals surface area contributed by atoms with Gasteiger partial charge >= 0.3 is 0 Å².